The van der Waals surface area contributed by atoms with Gasteiger partial charge in [0, 0.05) is 11.1 Å². The molecule has 0 bridgehead atoms. The summed E-state index contributed by atoms with van der Waals surface area (Å²) in [4.78, 5) is 0. The van der Waals surface area contributed by atoms with Crippen molar-refractivity contribution < 1.29 is 4.74 Å². The third-order valence-corrected chi connectivity index (χ3v) is 3.23. The van der Waals surface area contributed by atoms with Gasteiger partial charge in [-0.05, 0) is 37.0 Å². The van der Waals surface area contributed by atoms with Gasteiger partial charge in [0.2, 0.25) is 0 Å². The summed E-state index contributed by atoms with van der Waals surface area (Å²) in [6.45, 7) is 10.4. The van der Waals surface area contributed by atoms with Gasteiger partial charge in [-0.25, -0.2) is 0 Å². The second-order valence-corrected chi connectivity index (χ2v) is 6.51. The standard InChI is InChI=1S/C15H26N2O/c1-14(2,3)10-7-8-12(18-6)11(9-10)13(16)15(4,5)17/h7-9,13H,16-17H2,1-6H3. The number of hydrogen-bond acceptors (Lipinski definition) is 3. The van der Waals surface area contributed by atoms with Crippen LogP contribution in [0.2, 0.25) is 0 Å². The molecule has 0 aliphatic rings. The van der Waals surface area contributed by atoms with Crippen molar-refractivity contribution >= 4 is 0 Å². The minimum atomic E-state index is -0.482. The smallest absolute Gasteiger partial charge is 0.123 e. The van der Waals surface area contributed by atoms with Crippen LogP contribution in [0.1, 0.15) is 51.8 Å². The lowest BCUT2D eigenvalue weighted by molar-refractivity contribution is 0.375. The normalized spacial score (nSPS) is 14.4. The van der Waals surface area contributed by atoms with Gasteiger partial charge in [0.1, 0.15) is 5.75 Å². The van der Waals surface area contributed by atoms with Crippen molar-refractivity contribution in [2.24, 2.45) is 11.5 Å². The zero-order chi connectivity index (χ0) is 14.1. The van der Waals surface area contributed by atoms with E-state index >= 15 is 0 Å². The van der Waals surface area contributed by atoms with Gasteiger partial charge in [0.25, 0.3) is 0 Å². The summed E-state index contributed by atoms with van der Waals surface area (Å²) in [7, 11) is 1.66. The molecule has 18 heavy (non-hydrogen) atoms. The minimum absolute atomic E-state index is 0.0828. The molecule has 1 unspecified atom stereocenters. The highest BCUT2D eigenvalue weighted by atomic mass is 16.5. The fourth-order valence-electron chi connectivity index (χ4n) is 1.84. The maximum absolute atomic E-state index is 6.26. The second-order valence-electron chi connectivity index (χ2n) is 6.51. The first-order valence-electron chi connectivity index (χ1n) is 6.30. The minimum Gasteiger partial charge on any atom is -0.496 e. The van der Waals surface area contributed by atoms with Crippen molar-refractivity contribution in [3.05, 3.63) is 29.3 Å². The SMILES string of the molecule is COc1ccc(C(C)(C)C)cc1C(N)C(C)(C)N. The van der Waals surface area contributed by atoms with E-state index in [1.54, 1.807) is 7.11 Å². The van der Waals surface area contributed by atoms with Crippen LogP contribution in [0.3, 0.4) is 0 Å². The Hall–Kier alpha value is -1.06. The van der Waals surface area contributed by atoms with Crippen LogP contribution in [0.15, 0.2) is 18.2 Å². The summed E-state index contributed by atoms with van der Waals surface area (Å²) in [6.07, 6.45) is 0. The number of nitrogens with two attached hydrogens (primary N) is 2. The Balaban J connectivity index is 3.31. The number of benzene rings is 1. The van der Waals surface area contributed by atoms with Crippen LogP contribution < -0.4 is 16.2 Å². The zero-order valence-corrected chi connectivity index (χ0v) is 12.4. The Morgan fingerprint density at radius 2 is 1.67 bits per heavy atom. The molecule has 0 saturated carbocycles. The Morgan fingerprint density at radius 1 is 1.11 bits per heavy atom. The van der Waals surface area contributed by atoms with Gasteiger partial charge in [-0.15, -0.1) is 0 Å². The molecule has 4 N–H and O–H groups in total. The quantitative estimate of drug-likeness (QED) is 0.867. The van der Waals surface area contributed by atoms with Crippen molar-refractivity contribution in [2.45, 2.75) is 51.6 Å². The topological polar surface area (TPSA) is 61.3 Å². The molecule has 0 spiro atoms. The predicted octanol–water partition coefficient (Wildman–Crippen LogP) is 2.73. The molecule has 0 amide bonds. The van der Waals surface area contributed by atoms with E-state index in [0.717, 1.165) is 11.3 Å². The van der Waals surface area contributed by atoms with Crippen LogP contribution in [0.5, 0.6) is 5.75 Å². The lowest BCUT2D eigenvalue weighted by Gasteiger charge is -2.30. The summed E-state index contributed by atoms with van der Waals surface area (Å²) in [6, 6.07) is 5.91. The molecule has 0 radical (unpaired) electrons. The molecule has 0 heterocycles. The highest BCUT2D eigenvalue weighted by Gasteiger charge is 2.27. The molecule has 1 atom stereocenters. The van der Waals surface area contributed by atoms with E-state index in [1.807, 2.05) is 19.9 Å². The molecule has 1 aromatic rings. The molecule has 3 nitrogen and oxygen atoms in total. The molecular weight excluding hydrogens is 224 g/mol. The number of ether oxygens (including phenoxy) is 1. The molecule has 1 rings (SSSR count). The van der Waals surface area contributed by atoms with Crippen LogP contribution in [0.25, 0.3) is 0 Å². The second kappa shape index (κ2) is 4.90. The van der Waals surface area contributed by atoms with Crippen LogP contribution in [-0.4, -0.2) is 12.6 Å². The highest BCUT2D eigenvalue weighted by Crippen LogP contribution is 2.33. The highest BCUT2D eigenvalue weighted by molar-refractivity contribution is 5.42. The Kier molecular flexibility index (Phi) is 4.08. The van der Waals surface area contributed by atoms with Gasteiger partial charge in [-0.3, -0.25) is 0 Å². The summed E-state index contributed by atoms with van der Waals surface area (Å²) < 4.78 is 5.39. The molecule has 0 aliphatic heterocycles. The lowest BCUT2D eigenvalue weighted by Crippen LogP contribution is -2.44. The van der Waals surface area contributed by atoms with Gasteiger partial charge >= 0.3 is 0 Å². The van der Waals surface area contributed by atoms with Crippen LogP contribution in [0.4, 0.5) is 0 Å². The van der Waals surface area contributed by atoms with E-state index in [1.165, 1.54) is 5.56 Å². The fraction of sp³-hybridized carbons (Fsp3) is 0.600. The number of hydrogen-bond donors (Lipinski definition) is 2. The average molecular weight is 250 g/mol. The van der Waals surface area contributed by atoms with Crippen LogP contribution in [0, 0.1) is 0 Å². The number of rotatable bonds is 3. The summed E-state index contributed by atoms with van der Waals surface area (Å²) >= 11 is 0. The largest absolute Gasteiger partial charge is 0.496 e. The van der Waals surface area contributed by atoms with Crippen molar-refractivity contribution in [2.75, 3.05) is 7.11 Å². The van der Waals surface area contributed by atoms with Gasteiger partial charge < -0.3 is 16.2 Å². The molecule has 0 fully saturated rings. The maximum Gasteiger partial charge on any atom is 0.123 e. The molecule has 0 aromatic heterocycles. The third-order valence-electron chi connectivity index (χ3n) is 3.23. The van der Waals surface area contributed by atoms with Gasteiger partial charge in [-0.1, -0.05) is 26.8 Å². The molecule has 1 aromatic carbocycles. The van der Waals surface area contributed by atoms with Gasteiger partial charge in [-0.2, -0.15) is 0 Å². The van der Waals surface area contributed by atoms with Crippen LogP contribution >= 0.6 is 0 Å². The fourth-order valence-corrected chi connectivity index (χ4v) is 1.84. The third kappa shape index (κ3) is 3.24. The first kappa shape index (κ1) is 15.0. The summed E-state index contributed by atoms with van der Waals surface area (Å²) in [5, 5.41) is 0. The van der Waals surface area contributed by atoms with Crippen molar-refractivity contribution in [3.63, 3.8) is 0 Å². The van der Waals surface area contributed by atoms with E-state index in [-0.39, 0.29) is 11.5 Å². The molecule has 3 heteroatoms. The number of methoxy groups -OCH3 is 1. The van der Waals surface area contributed by atoms with Crippen molar-refractivity contribution in [1.29, 1.82) is 0 Å². The maximum atomic E-state index is 6.26. The Bertz CT molecular complexity index is 413. The summed E-state index contributed by atoms with van der Waals surface area (Å²) in [5.41, 5.74) is 14.2. The summed E-state index contributed by atoms with van der Waals surface area (Å²) in [5.74, 6) is 0.800. The van der Waals surface area contributed by atoms with Crippen molar-refractivity contribution in [3.8, 4) is 5.75 Å². The van der Waals surface area contributed by atoms with E-state index < -0.39 is 5.54 Å². The first-order valence-corrected chi connectivity index (χ1v) is 6.30. The van der Waals surface area contributed by atoms with Gasteiger partial charge in [0.05, 0.1) is 13.2 Å². The monoisotopic (exact) mass is 250 g/mol. The average Bonchev–Trinajstić information content (AvgIpc) is 2.24. The molecule has 102 valence electrons. The Labute approximate surface area is 111 Å². The van der Waals surface area contributed by atoms with E-state index in [2.05, 4.69) is 32.9 Å². The molecule has 0 saturated heterocycles. The Morgan fingerprint density at radius 3 is 2.06 bits per heavy atom. The molecule has 0 aliphatic carbocycles. The molecular formula is C15H26N2O. The van der Waals surface area contributed by atoms with Crippen LogP contribution in [-0.2, 0) is 5.41 Å². The van der Waals surface area contributed by atoms with Crippen molar-refractivity contribution in [1.82, 2.24) is 0 Å². The zero-order valence-electron chi connectivity index (χ0n) is 12.4. The predicted molar refractivity (Wildman–Crippen MR) is 76.9 cm³/mol. The van der Waals surface area contributed by atoms with E-state index in [4.69, 9.17) is 16.2 Å². The van der Waals surface area contributed by atoms with Gasteiger partial charge in [0.15, 0.2) is 0 Å². The van der Waals surface area contributed by atoms with E-state index in [0.29, 0.717) is 0 Å². The lowest BCUT2D eigenvalue weighted by atomic mass is 9.82. The first-order chi connectivity index (χ1) is 8.07. The van der Waals surface area contributed by atoms with E-state index in [9.17, 15) is 0 Å².